The molecule has 2 aliphatic heterocycles. The maximum Gasteiger partial charge on any atom is 0.325 e. The van der Waals surface area contributed by atoms with Crippen molar-refractivity contribution in [1.29, 1.82) is 0 Å². The zero-order valence-electron chi connectivity index (χ0n) is 17.8. The van der Waals surface area contributed by atoms with Crippen LogP contribution in [0.15, 0.2) is 53.3 Å². The van der Waals surface area contributed by atoms with E-state index in [4.69, 9.17) is 4.42 Å². The Labute approximate surface area is 189 Å². The highest BCUT2D eigenvalue weighted by Crippen LogP contribution is 2.21. The molecule has 5 rings (SSSR count). The summed E-state index contributed by atoms with van der Waals surface area (Å²) in [6.45, 7) is 1.05. The number of para-hydroxylation sites is 1. The molecule has 170 valence electrons. The highest BCUT2D eigenvalue weighted by atomic mass is 16.3. The van der Waals surface area contributed by atoms with Crippen LogP contribution in [0.1, 0.15) is 16.1 Å². The van der Waals surface area contributed by atoms with Crippen molar-refractivity contribution in [3.8, 4) is 0 Å². The normalized spacial score (nSPS) is 18.8. The number of imide groups is 1. The molecule has 10 nitrogen and oxygen atoms in total. The van der Waals surface area contributed by atoms with Gasteiger partial charge >= 0.3 is 6.03 Å². The van der Waals surface area contributed by atoms with Crippen LogP contribution in [0.4, 0.5) is 4.79 Å². The highest BCUT2D eigenvalue weighted by molar-refractivity contribution is 6.06. The van der Waals surface area contributed by atoms with Crippen LogP contribution in [0.25, 0.3) is 10.9 Å². The third-order valence-electron chi connectivity index (χ3n) is 6.15. The fraction of sp³-hybridized carbons (Fsp3) is 0.304. The summed E-state index contributed by atoms with van der Waals surface area (Å²) in [6.07, 6.45) is 3.62. The van der Waals surface area contributed by atoms with Crippen molar-refractivity contribution in [2.45, 2.75) is 12.5 Å². The summed E-state index contributed by atoms with van der Waals surface area (Å²) in [5, 5.41) is 3.69. The van der Waals surface area contributed by atoms with Crippen molar-refractivity contribution in [2.24, 2.45) is 0 Å². The Kier molecular flexibility index (Phi) is 5.33. The fourth-order valence-corrected chi connectivity index (χ4v) is 4.34. The molecule has 1 atom stereocenters. The van der Waals surface area contributed by atoms with Gasteiger partial charge in [-0.05, 0) is 23.8 Å². The Morgan fingerprint density at radius 3 is 2.52 bits per heavy atom. The third-order valence-corrected chi connectivity index (χ3v) is 6.15. The number of aromatic nitrogens is 1. The number of carbonyl (C=O) groups excluding carboxylic acids is 4. The molecule has 10 heteroatoms. The number of rotatable bonds is 5. The summed E-state index contributed by atoms with van der Waals surface area (Å²) < 4.78 is 5.14. The first kappa shape index (κ1) is 20.8. The molecule has 3 aromatic rings. The van der Waals surface area contributed by atoms with Crippen LogP contribution in [-0.4, -0.2) is 82.2 Å². The average molecular weight is 449 g/mol. The Hall–Kier alpha value is -4.08. The minimum absolute atomic E-state index is 0.221. The maximum absolute atomic E-state index is 12.9. The lowest BCUT2D eigenvalue weighted by molar-refractivity contribution is -0.138. The second-order valence-electron chi connectivity index (χ2n) is 8.14. The lowest BCUT2D eigenvalue weighted by Crippen LogP contribution is -2.53. The molecule has 0 radical (unpaired) electrons. The molecular weight excluding hydrogens is 426 g/mol. The molecule has 33 heavy (non-hydrogen) atoms. The van der Waals surface area contributed by atoms with Gasteiger partial charge < -0.3 is 24.5 Å². The second kappa shape index (κ2) is 8.45. The Morgan fingerprint density at radius 1 is 1.00 bits per heavy atom. The molecule has 5 amide bonds. The summed E-state index contributed by atoms with van der Waals surface area (Å²) in [5.41, 5.74) is 1.88. The topological polar surface area (TPSA) is 119 Å². The maximum atomic E-state index is 12.9. The number of urea groups is 1. The number of H-pyrrole nitrogens is 1. The fourth-order valence-electron chi connectivity index (χ4n) is 4.34. The smallest absolute Gasteiger partial charge is 0.325 e. The van der Waals surface area contributed by atoms with Crippen LogP contribution in [-0.2, 0) is 16.0 Å². The molecule has 4 heterocycles. The number of piperazine rings is 1. The summed E-state index contributed by atoms with van der Waals surface area (Å²) >= 11 is 0. The van der Waals surface area contributed by atoms with E-state index in [1.807, 2.05) is 30.5 Å². The first-order chi connectivity index (χ1) is 16.0. The van der Waals surface area contributed by atoms with Crippen molar-refractivity contribution in [2.75, 3.05) is 32.7 Å². The molecule has 2 N–H and O–H groups in total. The van der Waals surface area contributed by atoms with E-state index in [2.05, 4.69) is 10.3 Å². The first-order valence-electron chi connectivity index (χ1n) is 10.8. The number of hydrogen-bond acceptors (Lipinski definition) is 5. The van der Waals surface area contributed by atoms with E-state index in [1.165, 1.54) is 6.26 Å². The van der Waals surface area contributed by atoms with Crippen molar-refractivity contribution >= 4 is 34.7 Å². The van der Waals surface area contributed by atoms with E-state index in [9.17, 15) is 19.2 Å². The predicted molar refractivity (Wildman–Crippen MR) is 117 cm³/mol. The van der Waals surface area contributed by atoms with Crippen LogP contribution in [0.3, 0.4) is 0 Å². The number of benzene rings is 1. The molecule has 2 aromatic heterocycles. The van der Waals surface area contributed by atoms with E-state index in [0.29, 0.717) is 32.6 Å². The number of aromatic amines is 1. The predicted octanol–water partition coefficient (Wildman–Crippen LogP) is 1.21. The van der Waals surface area contributed by atoms with Gasteiger partial charge in [-0.25, -0.2) is 4.79 Å². The molecule has 0 saturated carbocycles. The average Bonchev–Trinajstić information content (AvgIpc) is 3.56. The van der Waals surface area contributed by atoms with Crippen molar-refractivity contribution in [3.63, 3.8) is 0 Å². The number of amides is 5. The number of nitrogens with one attached hydrogen (secondary N) is 2. The Morgan fingerprint density at radius 2 is 1.76 bits per heavy atom. The summed E-state index contributed by atoms with van der Waals surface area (Å²) in [6, 6.07) is 9.71. The minimum Gasteiger partial charge on any atom is -0.459 e. The quantitative estimate of drug-likeness (QED) is 0.568. The molecule has 2 fully saturated rings. The molecule has 0 bridgehead atoms. The lowest BCUT2D eigenvalue weighted by Gasteiger charge is -2.34. The number of hydrogen-bond donors (Lipinski definition) is 2. The first-order valence-corrected chi connectivity index (χ1v) is 10.8. The zero-order valence-corrected chi connectivity index (χ0v) is 17.8. The van der Waals surface area contributed by atoms with Gasteiger partial charge in [0.15, 0.2) is 5.76 Å². The Bertz CT molecular complexity index is 1210. The van der Waals surface area contributed by atoms with Crippen LogP contribution < -0.4 is 5.32 Å². The molecule has 1 aromatic carbocycles. The van der Waals surface area contributed by atoms with Crippen LogP contribution in [0.2, 0.25) is 0 Å². The summed E-state index contributed by atoms with van der Waals surface area (Å²) in [4.78, 5) is 57.8. The summed E-state index contributed by atoms with van der Waals surface area (Å²) in [5.74, 6) is -0.696. The van der Waals surface area contributed by atoms with Gasteiger partial charge in [0.25, 0.3) is 11.8 Å². The number of carbonyl (C=O) groups is 4. The van der Waals surface area contributed by atoms with Gasteiger partial charge in [-0.1, -0.05) is 18.2 Å². The van der Waals surface area contributed by atoms with Crippen molar-refractivity contribution < 1.29 is 23.6 Å². The van der Waals surface area contributed by atoms with Crippen LogP contribution in [0.5, 0.6) is 0 Å². The lowest BCUT2D eigenvalue weighted by atomic mass is 10.1. The highest BCUT2D eigenvalue weighted by Gasteiger charge is 2.40. The monoisotopic (exact) mass is 449 g/mol. The number of furan rings is 1. The van der Waals surface area contributed by atoms with Gasteiger partial charge in [-0.3, -0.25) is 19.3 Å². The van der Waals surface area contributed by atoms with Crippen molar-refractivity contribution in [1.82, 2.24) is 25.0 Å². The molecule has 0 aliphatic carbocycles. The SMILES string of the molecule is O=C(CN1C(=O)N[C@@H](Cc2c[nH]c3ccccc23)C1=O)N1CCN(C(=O)c2ccco2)CC1. The largest absolute Gasteiger partial charge is 0.459 e. The zero-order chi connectivity index (χ0) is 22.9. The second-order valence-corrected chi connectivity index (χ2v) is 8.14. The summed E-state index contributed by atoms with van der Waals surface area (Å²) in [7, 11) is 0. The van der Waals surface area contributed by atoms with Gasteiger partial charge in [0.1, 0.15) is 12.6 Å². The third kappa shape index (κ3) is 3.95. The standard InChI is InChI=1S/C23H23N5O5/c29-20(26-7-9-27(10-8-26)22(31)19-6-3-11-33-19)14-28-21(30)18(25-23(28)32)12-15-13-24-17-5-2-1-4-16(15)17/h1-6,11,13,18,24H,7-10,12,14H2,(H,25,32)/t18-/m0/s1. The van der Waals surface area contributed by atoms with Crippen LogP contribution >= 0.6 is 0 Å². The Balaban J connectivity index is 1.17. The van der Waals surface area contributed by atoms with Gasteiger partial charge in [0, 0.05) is 49.7 Å². The number of fused-ring (bicyclic) bond motifs is 1. The van der Waals surface area contributed by atoms with Gasteiger partial charge in [-0.2, -0.15) is 0 Å². The van der Waals surface area contributed by atoms with Gasteiger partial charge in [0.2, 0.25) is 5.91 Å². The van der Waals surface area contributed by atoms with Gasteiger partial charge in [0.05, 0.1) is 6.26 Å². The van der Waals surface area contributed by atoms with E-state index < -0.39 is 18.0 Å². The molecule has 0 spiro atoms. The number of nitrogens with zero attached hydrogens (tertiary/aromatic N) is 3. The van der Waals surface area contributed by atoms with Gasteiger partial charge in [-0.15, -0.1) is 0 Å². The van der Waals surface area contributed by atoms with E-state index in [0.717, 1.165) is 21.4 Å². The molecular formula is C23H23N5O5. The van der Waals surface area contributed by atoms with E-state index in [1.54, 1.807) is 21.9 Å². The minimum atomic E-state index is -0.715. The van der Waals surface area contributed by atoms with Crippen molar-refractivity contribution in [3.05, 3.63) is 60.2 Å². The van der Waals surface area contributed by atoms with E-state index >= 15 is 0 Å². The molecule has 2 aliphatic rings. The van der Waals surface area contributed by atoms with E-state index in [-0.39, 0.29) is 24.1 Å². The molecule has 2 saturated heterocycles. The molecule has 0 unspecified atom stereocenters. The van der Waals surface area contributed by atoms with Crippen LogP contribution in [0, 0.1) is 0 Å².